The van der Waals surface area contributed by atoms with Crippen LogP contribution in [0.1, 0.15) is 19.8 Å². The summed E-state index contributed by atoms with van der Waals surface area (Å²) >= 11 is 0. The Morgan fingerprint density at radius 1 is 0.935 bits per heavy atom. The molecule has 188 valence electrons. The second-order valence-corrected chi connectivity index (χ2v) is 13.3. The van der Waals surface area contributed by atoms with Gasteiger partial charge in [0.05, 0.1) is 20.1 Å². The van der Waals surface area contributed by atoms with Gasteiger partial charge in [-0.2, -0.15) is 26.3 Å². The molecule has 31 heavy (non-hydrogen) atoms. The fourth-order valence-corrected chi connectivity index (χ4v) is 6.72. The minimum atomic E-state index is -6.72. The second-order valence-electron chi connectivity index (χ2n) is 6.96. The summed E-state index contributed by atoms with van der Waals surface area (Å²) in [5, 5.41) is 0. The van der Waals surface area contributed by atoms with Crippen LogP contribution in [-0.4, -0.2) is 88.8 Å². The minimum absolute atomic E-state index is 0.778. The quantitative estimate of drug-likeness (QED) is 0.270. The Bertz CT molecular complexity index is 737. The van der Waals surface area contributed by atoms with Gasteiger partial charge < -0.3 is 21.9 Å². The fourth-order valence-electron chi connectivity index (χ4n) is 2.90. The van der Waals surface area contributed by atoms with Gasteiger partial charge in [0.25, 0.3) is 0 Å². The molecule has 2 unspecified atom stereocenters. The van der Waals surface area contributed by atoms with Gasteiger partial charge in [-0.1, -0.05) is 6.92 Å². The molecule has 0 amide bonds. The van der Waals surface area contributed by atoms with E-state index in [0.29, 0.717) is 0 Å². The number of alkyl halides is 6. The predicted octanol–water partition coefficient (Wildman–Crippen LogP) is 2.34. The van der Waals surface area contributed by atoms with E-state index < -0.39 is 39.9 Å². The van der Waals surface area contributed by atoms with E-state index in [-0.39, 0.29) is 0 Å². The summed E-state index contributed by atoms with van der Waals surface area (Å²) < 4.78 is 127. The van der Waals surface area contributed by atoms with Crippen LogP contribution in [0.5, 0.6) is 0 Å². The molecule has 1 rings (SSSR count). The largest absolute Gasteiger partial charge is 0.558 e. The van der Waals surface area contributed by atoms with Crippen molar-refractivity contribution in [2.75, 3.05) is 47.6 Å². The Morgan fingerprint density at radius 2 is 1.32 bits per heavy atom. The number of quaternary nitrogens is 1. The van der Waals surface area contributed by atoms with E-state index in [4.69, 9.17) is 13.3 Å². The normalized spacial score (nSPS) is 23.4. The first-order chi connectivity index (χ1) is 13.7. The Kier molecular flexibility index (Phi) is 10.4. The highest BCUT2D eigenvalue weighted by Gasteiger charge is 2.49. The maximum atomic E-state index is 11.4. The van der Waals surface area contributed by atoms with E-state index >= 15 is 0 Å². The van der Waals surface area contributed by atoms with Gasteiger partial charge in [0, 0.05) is 33.7 Å². The molecule has 0 aromatic heterocycles. The Morgan fingerprint density at radius 3 is 1.58 bits per heavy atom. The topological polar surface area (TPSA) is 110 Å². The average molecular weight is 529 g/mol. The zero-order chi connectivity index (χ0) is 24.9. The zero-order valence-corrected chi connectivity index (χ0v) is 20.1. The van der Waals surface area contributed by atoms with E-state index in [1.54, 1.807) is 21.3 Å². The third kappa shape index (κ3) is 8.41. The lowest BCUT2D eigenvalue weighted by Gasteiger charge is -2.35. The van der Waals surface area contributed by atoms with Crippen LogP contribution in [0.25, 0.3) is 4.13 Å². The molecule has 0 saturated carbocycles. The summed E-state index contributed by atoms with van der Waals surface area (Å²) in [6.07, 6.45) is 3.47. The molecule has 0 aliphatic carbocycles. The van der Waals surface area contributed by atoms with Gasteiger partial charge in [-0.3, -0.25) is 0 Å². The van der Waals surface area contributed by atoms with Gasteiger partial charge >= 0.3 is 19.8 Å². The SMILES string of the molecule is CCC1CC[N+](C)(C[Si](OC)(OC)OC)C1.O=S(=O)([N-]S(=O)(=O)C(F)(F)F)C(F)(F)F. The van der Waals surface area contributed by atoms with Crippen LogP contribution in [0.15, 0.2) is 0 Å². The molecular formula is C13H26F6N2O7S2Si. The van der Waals surface area contributed by atoms with Gasteiger partial charge in [-0.15, -0.1) is 0 Å². The van der Waals surface area contributed by atoms with Gasteiger partial charge in [0.1, 0.15) is 6.17 Å². The summed E-state index contributed by atoms with van der Waals surface area (Å²) in [5.74, 6) is 0.849. The maximum Gasteiger partial charge on any atom is 0.558 e. The standard InChI is InChI=1S/C11H26NO3Si.C2F6NO4S2/c1-6-11-7-8-12(2,9-11)10-16(13-3,14-4)15-5;3-1(4,5)14(10,11)9-15(12,13)2(6,7)8/h11H,6-10H2,1-5H3;/q+1;-1. The highest BCUT2D eigenvalue weighted by Crippen LogP contribution is 2.36. The molecule has 0 bridgehead atoms. The van der Waals surface area contributed by atoms with E-state index in [0.717, 1.165) is 20.7 Å². The van der Waals surface area contributed by atoms with Gasteiger partial charge in [-0.25, -0.2) is 16.8 Å². The summed E-state index contributed by atoms with van der Waals surface area (Å²) in [6, 6.07) is 0. The average Bonchev–Trinajstić information content (AvgIpc) is 2.99. The Hall–Kier alpha value is -0.503. The second kappa shape index (κ2) is 10.6. The molecule has 0 spiro atoms. The smallest absolute Gasteiger partial charge is 0.421 e. The van der Waals surface area contributed by atoms with E-state index in [1.807, 2.05) is 0 Å². The van der Waals surface area contributed by atoms with Crippen LogP contribution in [0, 0.1) is 5.92 Å². The molecule has 9 nitrogen and oxygen atoms in total. The summed E-state index contributed by atoms with van der Waals surface area (Å²) in [5.41, 5.74) is -12.4. The monoisotopic (exact) mass is 528 g/mol. The summed E-state index contributed by atoms with van der Waals surface area (Å²) in [6.45, 7) is 4.71. The first-order valence-corrected chi connectivity index (χ1v) is 13.4. The molecule has 1 fully saturated rings. The van der Waals surface area contributed by atoms with Crippen molar-refractivity contribution >= 4 is 28.9 Å². The number of hydrogen-bond donors (Lipinski definition) is 0. The van der Waals surface area contributed by atoms with Crippen molar-refractivity contribution in [3.8, 4) is 0 Å². The lowest BCUT2D eigenvalue weighted by atomic mass is 10.1. The molecule has 1 aliphatic rings. The third-order valence-corrected chi connectivity index (χ3v) is 10.4. The first-order valence-electron chi connectivity index (χ1n) is 8.59. The number of rotatable bonds is 8. The van der Waals surface area contributed by atoms with Crippen LogP contribution in [0.2, 0.25) is 0 Å². The molecule has 0 radical (unpaired) electrons. The zero-order valence-electron chi connectivity index (χ0n) is 17.4. The maximum absolute atomic E-state index is 11.4. The molecular weight excluding hydrogens is 502 g/mol. The van der Waals surface area contributed by atoms with E-state index in [2.05, 4.69) is 14.0 Å². The van der Waals surface area contributed by atoms with Crippen molar-refractivity contribution in [1.82, 2.24) is 0 Å². The van der Waals surface area contributed by atoms with Crippen LogP contribution in [-0.2, 0) is 33.3 Å². The van der Waals surface area contributed by atoms with Crippen molar-refractivity contribution in [3.05, 3.63) is 4.13 Å². The molecule has 0 aromatic carbocycles. The Labute approximate surface area is 178 Å². The van der Waals surface area contributed by atoms with Crippen molar-refractivity contribution < 1.29 is 60.9 Å². The molecule has 18 heteroatoms. The van der Waals surface area contributed by atoms with Crippen LogP contribution in [0.4, 0.5) is 26.3 Å². The molecule has 1 saturated heterocycles. The molecule has 0 N–H and O–H groups in total. The van der Waals surface area contributed by atoms with Crippen LogP contribution >= 0.6 is 0 Å². The lowest BCUT2D eigenvalue weighted by molar-refractivity contribution is -0.891. The molecule has 2 atom stereocenters. The number of nitrogens with zero attached hydrogens (tertiary/aromatic N) is 2. The highest BCUT2D eigenvalue weighted by atomic mass is 32.3. The van der Waals surface area contributed by atoms with Crippen molar-refractivity contribution in [1.29, 1.82) is 0 Å². The number of hydrogen-bond acceptors (Lipinski definition) is 7. The van der Waals surface area contributed by atoms with Gasteiger partial charge in [-0.05, 0) is 6.42 Å². The number of sulfonamides is 2. The highest BCUT2D eigenvalue weighted by molar-refractivity contribution is 8.13. The van der Waals surface area contributed by atoms with Crippen molar-refractivity contribution in [3.63, 3.8) is 0 Å². The van der Waals surface area contributed by atoms with Gasteiger partial charge in [0.2, 0.25) is 0 Å². The molecule has 1 heterocycles. The minimum Gasteiger partial charge on any atom is -0.421 e. The van der Waals surface area contributed by atoms with Gasteiger partial charge in [0.15, 0.2) is 20.0 Å². The fraction of sp³-hybridized carbons (Fsp3) is 1.00. The molecule has 0 aromatic rings. The van der Waals surface area contributed by atoms with Crippen LogP contribution < -0.4 is 0 Å². The third-order valence-electron chi connectivity index (χ3n) is 4.64. The lowest BCUT2D eigenvalue weighted by Crippen LogP contribution is -2.59. The van der Waals surface area contributed by atoms with E-state index in [9.17, 15) is 43.2 Å². The van der Waals surface area contributed by atoms with Crippen LogP contribution in [0.3, 0.4) is 0 Å². The summed E-state index contributed by atoms with van der Waals surface area (Å²) in [7, 11) is -8.50. The number of likely N-dealkylation sites (tertiary alicyclic amines) is 1. The first kappa shape index (κ1) is 30.5. The Balaban J connectivity index is 0.000000582. The van der Waals surface area contributed by atoms with Crippen molar-refractivity contribution in [2.45, 2.75) is 30.8 Å². The predicted molar refractivity (Wildman–Crippen MR) is 99.3 cm³/mol. The molecule has 1 aliphatic heterocycles. The summed E-state index contributed by atoms with van der Waals surface area (Å²) in [4.78, 5) is 0. The van der Waals surface area contributed by atoms with Crippen molar-refractivity contribution in [2.24, 2.45) is 5.92 Å². The van der Waals surface area contributed by atoms with E-state index in [1.165, 1.54) is 25.9 Å². The number of halogens is 6.